The van der Waals surface area contributed by atoms with Crippen molar-refractivity contribution in [1.29, 1.82) is 0 Å². The smallest absolute Gasteiger partial charge is 0.326 e. The largest absolute Gasteiger partial charge is 0.416 e. The number of nitrogens with one attached hydrogen (secondary N) is 1. The minimum atomic E-state index is -4.49. The van der Waals surface area contributed by atoms with Crippen molar-refractivity contribution < 1.29 is 18.0 Å². The van der Waals surface area contributed by atoms with Crippen molar-refractivity contribution in [3.8, 4) is 0 Å². The molecular weight excluding hydrogens is 329 g/mol. The number of benzene rings is 2. The molecule has 6 heteroatoms. The highest BCUT2D eigenvalue weighted by molar-refractivity contribution is 6.00. The van der Waals surface area contributed by atoms with Crippen LogP contribution in [0.3, 0.4) is 0 Å². The zero-order valence-corrected chi connectivity index (χ0v) is 13.6. The predicted octanol–water partition coefficient (Wildman–Crippen LogP) is 4.22. The van der Waals surface area contributed by atoms with E-state index in [2.05, 4.69) is 5.32 Å². The second-order valence-electron chi connectivity index (χ2n) is 6.38. The van der Waals surface area contributed by atoms with Gasteiger partial charge in [-0.3, -0.25) is 4.79 Å². The first-order valence-electron chi connectivity index (χ1n) is 8.13. The van der Waals surface area contributed by atoms with Crippen LogP contribution < -0.4 is 11.1 Å². The average Bonchev–Trinajstić information content (AvgIpc) is 2.53. The fourth-order valence-electron chi connectivity index (χ4n) is 3.23. The molecule has 1 aliphatic rings. The van der Waals surface area contributed by atoms with Crippen LogP contribution in [0.2, 0.25) is 0 Å². The van der Waals surface area contributed by atoms with E-state index in [1.807, 2.05) is 30.3 Å². The molecule has 0 aliphatic heterocycles. The van der Waals surface area contributed by atoms with Crippen LogP contribution in [-0.2, 0) is 22.9 Å². The molecule has 3 nitrogen and oxygen atoms in total. The molecule has 0 heterocycles. The average molecular weight is 348 g/mol. The molecule has 0 spiro atoms. The van der Waals surface area contributed by atoms with Crippen molar-refractivity contribution in [2.75, 3.05) is 5.32 Å². The van der Waals surface area contributed by atoms with Gasteiger partial charge in [0.15, 0.2) is 0 Å². The van der Waals surface area contributed by atoms with E-state index >= 15 is 0 Å². The van der Waals surface area contributed by atoms with Crippen LogP contribution in [0.1, 0.15) is 36.0 Å². The molecule has 0 radical (unpaired) electrons. The predicted molar refractivity (Wildman–Crippen MR) is 89.9 cm³/mol. The van der Waals surface area contributed by atoms with Crippen molar-refractivity contribution >= 4 is 11.6 Å². The van der Waals surface area contributed by atoms with Crippen LogP contribution >= 0.6 is 0 Å². The number of amides is 1. The summed E-state index contributed by atoms with van der Waals surface area (Å²) in [6.45, 7) is -0.0311. The standard InChI is InChI=1S/C19H19F3N2O/c20-19(21,22)15-9-13(12-23)10-16(11-15)24-17(25)18(7-4-8-18)14-5-2-1-3-6-14/h1-3,5-6,9-11H,4,7-8,12,23H2,(H,24,25). The maximum atomic E-state index is 13.0. The number of hydrogen-bond donors (Lipinski definition) is 2. The summed E-state index contributed by atoms with van der Waals surface area (Å²) in [5.41, 5.74) is 5.36. The van der Waals surface area contributed by atoms with E-state index in [9.17, 15) is 18.0 Å². The van der Waals surface area contributed by atoms with Crippen LogP contribution in [0.15, 0.2) is 48.5 Å². The molecule has 25 heavy (non-hydrogen) atoms. The van der Waals surface area contributed by atoms with Gasteiger partial charge < -0.3 is 11.1 Å². The SMILES string of the molecule is NCc1cc(NC(=O)C2(c3ccccc3)CCC2)cc(C(F)(F)F)c1. The molecule has 0 atom stereocenters. The lowest BCUT2D eigenvalue weighted by Crippen LogP contribution is -2.46. The van der Waals surface area contributed by atoms with Gasteiger partial charge in [-0.25, -0.2) is 0 Å². The summed E-state index contributed by atoms with van der Waals surface area (Å²) in [6, 6.07) is 12.8. The number of rotatable bonds is 4. The van der Waals surface area contributed by atoms with E-state index in [1.165, 1.54) is 6.07 Å². The number of carbonyl (C=O) groups is 1. The summed E-state index contributed by atoms with van der Waals surface area (Å²) in [5, 5.41) is 2.68. The molecule has 0 bridgehead atoms. The summed E-state index contributed by atoms with van der Waals surface area (Å²) < 4.78 is 39.1. The van der Waals surface area contributed by atoms with E-state index in [0.717, 1.165) is 24.1 Å². The van der Waals surface area contributed by atoms with Crippen molar-refractivity contribution in [2.24, 2.45) is 5.73 Å². The molecule has 1 aliphatic carbocycles. The lowest BCUT2D eigenvalue weighted by atomic mass is 9.64. The Labute approximate surface area is 144 Å². The Morgan fingerprint density at radius 2 is 1.80 bits per heavy atom. The van der Waals surface area contributed by atoms with Crippen LogP contribution in [0.4, 0.5) is 18.9 Å². The summed E-state index contributed by atoms with van der Waals surface area (Å²) in [7, 11) is 0. The number of halogens is 3. The van der Waals surface area contributed by atoms with Gasteiger partial charge in [-0.1, -0.05) is 36.8 Å². The van der Waals surface area contributed by atoms with Gasteiger partial charge in [0.2, 0.25) is 5.91 Å². The Morgan fingerprint density at radius 3 is 2.32 bits per heavy atom. The molecular formula is C19H19F3N2O. The second-order valence-corrected chi connectivity index (χ2v) is 6.38. The Hall–Kier alpha value is -2.34. The van der Waals surface area contributed by atoms with E-state index in [1.54, 1.807) is 0 Å². The van der Waals surface area contributed by atoms with Crippen molar-refractivity contribution in [3.63, 3.8) is 0 Å². The Bertz CT molecular complexity index is 768. The quantitative estimate of drug-likeness (QED) is 0.869. The number of hydrogen-bond acceptors (Lipinski definition) is 2. The number of alkyl halides is 3. The van der Waals surface area contributed by atoms with E-state index in [-0.39, 0.29) is 18.1 Å². The van der Waals surface area contributed by atoms with Crippen molar-refractivity contribution in [2.45, 2.75) is 37.4 Å². The maximum absolute atomic E-state index is 13.0. The molecule has 2 aromatic rings. The first kappa shape index (κ1) is 17.5. The monoisotopic (exact) mass is 348 g/mol. The van der Waals surface area contributed by atoms with Gasteiger partial charge in [-0.15, -0.1) is 0 Å². The van der Waals surface area contributed by atoms with Crippen LogP contribution in [0.5, 0.6) is 0 Å². The summed E-state index contributed by atoms with van der Waals surface area (Å²) >= 11 is 0. The molecule has 1 amide bonds. The number of anilines is 1. The van der Waals surface area contributed by atoms with Gasteiger partial charge in [0.1, 0.15) is 0 Å². The van der Waals surface area contributed by atoms with Gasteiger partial charge in [0.05, 0.1) is 11.0 Å². The molecule has 0 saturated heterocycles. The van der Waals surface area contributed by atoms with Gasteiger partial charge >= 0.3 is 6.18 Å². The molecule has 2 aromatic carbocycles. The zero-order valence-electron chi connectivity index (χ0n) is 13.6. The minimum absolute atomic E-state index is 0.0311. The molecule has 0 aromatic heterocycles. The summed E-state index contributed by atoms with van der Waals surface area (Å²) in [4.78, 5) is 12.9. The molecule has 3 rings (SSSR count). The number of carbonyl (C=O) groups excluding carboxylic acids is 1. The van der Waals surface area contributed by atoms with Crippen LogP contribution in [-0.4, -0.2) is 5.91 Å². The van der Waals surface area contributed by atoms with Crippen LogP contribution in [0.25, 0.3) is 0 Å². The van der Waals surface area contributed by atoms with Crippen molar-refractivity contribution in [3.05, 3.63) is 65.2 Å². The third-order valence-corrected chi connectivity index (χ3v) is 4.78. The molecule has 1 saturated carbocycles. The summed E-state index contributed by atoms with van der Waals surface area (Å²) in [5.74, 6) is -0.271. The van der Waals surface area contributed by atoms with Gasteiger partial charge in [0.25, 0.3) is 0 Å². The van der Waals surface area contributed by atoms with Gasteiger partial charge in [-0.2, -0.15) is 13.2 Å². The number of nitrogens with two attached hydrogens (primary N) is 1. The highest BCUT2D eigenvalue weighted by Crippen LogP contribution is 2.44. The summed E-state index contributed by atoms with van der Waals surface area (Å²) in [6.07, 6.45) is -2.20. The Kier molecular flexibility index (Phi) is 4.56. The lowest BCUT2D eigenvalue weighted by Gasteiger charge is -2.40. The van der Waals surface area contributed by atoms with Crippen molar-refractivity contribution in [1.82, 2.24) is 0 Å². The third kappa shape index (κ3) is 3.39. The highest BCUT2D eigenvalue weighted by Gasteiger charge is 2.45. The molecule has 132 valence electrons. The fourth-order valence-corrected chi connectivity index (χ4v) is 3.23. The lowest BCUT2D eigenvalue weighted by molar-refractivity contribution is -0.137. The van der Waals surface area contributed by atoms with Gasteiger partial charge in [-0.05, 0) is 42.2 Å². The minimum Gasteiger partial charge on any atom is -0.326 e. The van der Waals surface area contributed by atoms with Crippen LogP contribution in [0, 0.1) is 0 Å². The molecule has 3 N–H and O–H groups in total. The highest BCUT2D eigenvalue weighted by atomic mass is 19.4. The van der Waals surface area contributed by atoms with Gasteiger partial charge in [0, 0.05) is 12.2 Å². The Morgan fingerprint density at radius 1 is 1.12 bits per heavy atom. The first-order valence-corrected chi connectivity index (χ1v) is 8.13. The zero-order chi connectivity index (χ0) is 18.1. The fraction of sp³-hybridized carbons (Fsp3) is 0.316. The maximum Gasteiger partial charge on any atom is 0.416 e. The molecule has 0 unspecified atom stereocenters. The second kappa shape index (κ2) is 6.52. The first-order chi connectivity index (χ1) is 11.8. The molecule has 1 fully saturated rings. The van der Waals surface area contributed by atoms with E-state index in [0.29, 0.717) is 18.4 Å². The van der Waals surface area contributed by atoms with E-state index < -0.39 is 17.2 Å². The third-order valence-electron chi connectivity index (χ3n) is 4.78. The normalized spacial score (nSPS) is 16.2. The Balaban J connectivity index is 1.90. The topological polar surface area (TPSA) is 55.1 Å². The van der Waals surface area contributed by atoms with E-state index in [4.69, 9.17) is 5.73 Å².